The standard InChI is InChI=1S/C14H23NO4S2/c1-13(2,3)9-14(4,5)15-21(17,18)11-8-7-10(20-11)12(16)19-6/h7-8,15H,9H2,1-6H3. The highest BCUT2D eigenvalue weighted by atomic mass is 32.2. The number of methoxy groups -OCH3 is 1. The van der Waals surface area contributed by atoms with E-state index in [1.807, 2.05) is 13.8 Å². The van der Waals surface area contributed by atoms with E-state index in [0.29, 0.717) is 6.42 Å². The molecule has 0 bridgehead atoms. The Morgan fingerprint density at radius 1 is 1.24 bits per heavy atom. The Balaban J connectivity index is 2.96. The molecule has 0 aliphatic heterocycles. The highest BCUT2D eigenvalue weighted by Gasteiger charge is 2.31. The third kappa shape index (κ3) is 5.41. The fraction of sp³-hybridized carbons (Fsp3) is 0.643. The molecule has 0 amide bonds. The Labute approximate surface area is 130 Å². The molecule has 5 nitrogen and oxygen atoms in total. The normalized spacial score (nSPS) is 13.2. The summed E-state index contributed by atoms with van der Waals surface area (Å²) >= 11 is 0.906. The maximum atomic E-state index is 12.4. The zero-order valence-electron chi connectivity index (χ0n) is 13.3. The number of thiophene rings is 1. The van der Waals surface area contributed by atoms with Crippen LogP contribution in [0.5, 0.6) is 0 Å². The lowest BCUT2D eigenvalue weighted by Gasteiger charge is -2.32. The summed E-state index contributed by atoms with van der Waals surface area (Å²) < 4.78 is 32.2. The van der Waals surface area contributed by atoms with Crippen molar-refractivity contribution in [1.82, 2.24) is 4.72 Å². The third-order valence-electron chi connectivity index (χ3n) is 2.62. The van der Waals surface area contributed by atoms with E-state index in [9.17, 15) is 13.2 Å². The zero-order valence-corrected chi connectivity index (χ0v) is 14.9. The molecule has 0 spiro atoms. The Kier molecular flexibility index (Phi) is 5.23. The first-order valence-electron chi connectivity index (χ1n) is 6.58. The fourth-order valence-electron chi connectivity index (χ4n) is 2.45. The number of carbonyl (C=O) groups excluding carboxylic acids is 1. The van der Waals surface area contributed by atoms with Crippen LogP contribution >= 0.6 is 11.3 Å². The molecule has 1 rings (SSSR count). The number of esters is 1. The van der Waals surface area contributed by atoms with Crippen molar-refractivity contribution < 1.29 is 17.9 Å². The average molecular weight is 333 g/mol. The summed E-state index contributed by atoms with van der Waals surface area (Å²) in [5.41, 5.74) is -0.578. The van der Waals surface area contributed by atoms with Crippen LogP contribution in [0.1, 0.15) is 50.7 Å². The summed E-state index contributed by atoms with van der Waals surface area (Å²) in [6, 6.07) is 2.88. The van der Waals surface area contributed by atoms with Crippen molar-refractivity contribution in [2.24, 2.45) is 5.41 Å². The second-order valence-electron chi connectivity index (χ2n) is 6.84. The van der Waals surface area contributed by atoms with Crippen molar-refractivity contribution in [3.05, 3.63) is 17.0 Å². The van der Waals surface area contributed by atoms with Crippen LogP contribution in [0.3, 0.4) is 0 Å². The number of carbonyl (C=O) groups is 1. The molecule has 0 aliphatic carbocycles. The lowest BCUT2D eigenvalue weighted by molar-refractivity contribution is 0.0606. The summed E-state index contributed by atoms with van der Waals surface area (Å²) in [4.78, 5) is 11.7. The summed E-state index contributed by atoms with van der Waals surface area (Å²) in [6.07, 6.45) is 0.689. The second kappa shape index (κ2) is 6.06. The quantitative estimate of drug-likeness (QED) is 0.841. The molecule has 0 fully saturated rings. The lowest BCUT2D eigenvalue weighted by Crippen LogP contribution is -2.45. The highest BCUT2D eigenvalue weighted by molar-refractivity contribution is 7.91. The predicted molar refractivity (Wildman–Crippen MR) is 84.1 cm³/mol. The van der Waals surface area contributed by atoms with Crippen molar-refractivity contribution in [3.63, 3.8) is 0 Å². The average Bonchev–Trinajstić information content (AvgIpc) is 2.72. The van der Waals surface area contributed by atoms with Gasteiger partial charge in [-0.1, -0.05) is 20.8 Å². The van der Waals surface area contributed by atoms with Gasteiger partial charge >= 0.3 is 5.97 Å². The number of sulfonamides is 1. The van der Waals surface area contributed by atoms with Crippen LogP contribution in [0.15, 0.2) is 16.3 Å². The van der Waals surface area contributed by atoms with Crippen molar-refractivity contribution in [1.29, 1.82) is 0 Å². The van der Waals surface area contributed by atoms with E-state index in [0.717, 1.165) is 11.3 Å². The number of rotatable bonds is 5. The number of ether oxygens (including phenoxy) is 1. The maximum Gasteiger partial charge on any atom is 0.348 e. The van der Waals surface area contributed by atoms with Crippen LogP contribution in [0, 0.1) is 5.41 Å². The van der Waals surface area contributed by atoms with Crippen LogP contribution in [0.4, 0.5) is 0 Å². The second-order valence-corrected chi connectivity index (χ2v) is 9.83. The summed E-state index contributed by atoms with van der Waals surface area (Å²) in [5.74, 6) is -0.532. The minimum absolute atomic E-state index is 0.00134. The molecule has 0 aliphatic rings. The number of nitrogens with one attached hydrogen (secondary N) is 1. The number of hydrogen-bond acceptors (Lipinski definition) is 5. The Bertz CT molecular complexity index is 609. The van der Waals surface area contributed by atoms with Gasteiger partial charge < -0.3 is 4.74 Å². The molecule has 0 unspecified atom stereocenters. The van der Waals surface area contributed by atoms with Gasteiger partial charge in [0, 0.05) is 5.54 Å². The van der Waals surface area contributed by atoms with Crippen LogP contribution in [0.25, 0.3) is 0 Å². The first kappa shape index (κ1) is 18.1. The summed E-state index contributed by atoms with van der Waals surface area (Å²) in [7, 11) is -2.39. The molecule has 0 radical (unpaired) electrons. The Morgan fingerprint density at radius 2 is 1.81 bits per heavy atom. The molecule has 0 saturated heterocycles. The van der Waals surface area contributed by atoms with Crippen molar-refractivity contribution in [2.45, 2.75) is 50.8 Å². The van der Waals surface area contributed by atoms with Crippen molar-refractivity contribution >= 4 is 27.3 Å². The molecule has 0 saturated carbocycles. The van der Waals surface area contributed by atoms with Crippen LogP contribution in [0.2, 0.25) is 0 Å². The van der Waals surface area contributed by atoms with Gasteiger partial charge in [-0.3, -0.25) is 0 Å². The van der Waals surface area contributed by atoms with Gasteiger partial charge in [0.25, 0.3) is 10.0 Å². The minimum Gasteiger partial charge on any atom is -0.465 e. The van der Waals surface area contributed by atoms with E-state index in [1.165, 1.54) is 19.2 Å². The van der Waals surface area contributed by atoms with E-state index in [-0.39, 0.29) is 14.5 Å². The molecular formula is C14H23NO4S2. The largest absolute Gasteiger partial charge is 0.465 e. The van der Waals surface area contributed by atoms with Gasteiger partial charge in [0.15, 0.2) is 0 Å². The molecule has 120 valence electrons. The molecule has 1 heterocycles. The van der Waals surface area contributed by atoms with Crippen molar-refractivity contribution in [2.75, 3.05) is 7.11 Å². The van der Waals surface area contributed by atoms with Gasteiger partial charge in [-0.2, -0.15) is 0 Å². The van der Waals surface area contributed by atoms with Crippen LogP contribution < -0.4 is 4.72 Å². The Hall–Kier alpha value is -0.920. The van der Waals surface area contributed by atoms with Gasteiger partial charge in [0.05, 0.1) is 7.11 Å². The van der Waals surface area contributed by atoms with Crippen LogP contribution in [-0.4, -0.2) is 27.0 Å². The molecule has 1 N–H and O–H groups in total. The molecule has 0 atom stereocenters. The van der Waals surface area contributed by atoms with E-state index in [2.05, 4.69) is 30.2 Å². The summed E-state index contributed by atoms with van der Waals surface area (Å²) in [6.45, 7) is 9.88. The lowest BCUT2D eigenvalue weighted by atomic mass is 9.82. The Morgan fingerprint density at radius 3 is 2.29 bits per heavy atom. The highest BCUT2D eigenvalue weighted by Crippen LogP contribution is 2.29. The number of hydrogen-bond donors (Lipinski definition) is 1. The van der Waals surface area contributed by atoms with Crippen LogP contribution in [-0.2, 0) is 14.8 Å². The monoisotopic (exact) mass is 333 g/mol. The molecule has 21 heavy (non-hydrogen) atoms. The van der Waals surface area contributed by atoms with Gasteiger partial charge in [-0.25, -0.2) is 17.9 Å². The predicted octanol–water partition coefficient (Wildman–Crippen LogP) is 3.03. The smallest absolute Gasteiger partial charge is 0.348 e. The van der Waals surface area contributed by atoms with Gasteiger partial charge in [-0.05, 0) is 37.8 Å². The fourth-order valence-corrected chi connectivity index (χ4v) is 5.09. The molecule has 0 aromatic carbocycles. The van der Waals surface area contributed by atoms with Gasteiger partial charge in [-0.15, -0.1) is 11.3 Å². The zero-order chi connectivity index (χ0) is 16.5. The SMILES string of the molecule is COC(=O)c1ccc(S(=O)(=O)NC(C)(C)CC(C)(C)C)s1. The van der Waals surface area contributed by atoms with E-state index in [1.54, 1.807) is 0 Å². The maximum absolute atomic E-state index is 12.4. The van der Waals surface area contributed by atoms with E-state index in [4.69, 9.17) is 0 Å². The molecular weight excluding hydrogens is 310 g/mol. The van der Waals surface area contributed by atoms with E-state index < -0.39 is 21.5 Å². The molecule has 7 heteroatoms. The molecule has 1 aromatic heterocycles. The van der Waals surface area contributed by atoms with Crippen molar-refractivity contribution in [3.8, 4) is 0 Å². The first-order valence-corrected chi connectivity index (χ1v) is 8.88. The first-order chi connectivity index (χ1) is 9.36. The minimum atomic E-state index is -3.65. The molecule has 1 aromatic rings. The van der Waals surface area contributed by atoms with E-state index >= 15 is 0 Å². The van der Waals surface area contributed by atoms with Gasteiger partial charge in [0.1, 0.15) is 9.09 Å². The summed E-state index contributed by atoms with van der Waals surface area (Å²) in [5, 5.41) is 0. The third-order valence-corrected chi connectivity index (χ3v) is 5.87. The van der Waals surface area contributed by atoms with Gasteiger partial charge in [0.2, 0.25) is 0 Å². The topological polar surface area (TPSA) is 72.5 Å².